The molecule has 3 aromatic rings. The maximum atomic E-state index is 5.57. The number of fused-ring (bicyclic) bond motifs is 1. The third-order valence-electron chi connectivity index (χ3n) is 4.12. The molecule has 0 saturated carbocycles. The molecule has 2 heteroatoms. The molecule has 0 aliphatic carbocycles. The Morgan fingerprint density at radius 2 is 1.83 bits per heavy atom. The summed E-state index contributed by atoms with van der Waals surface area (Å²) in [6, 6.07) is 16.8. The largest absolute Gasteiger partial charge is 0.481 e. The van der Waals surface area contributed by atoms with Crippen LogP contribution in [0.15, 0.2) is 48.5 Å². The Hall–Kier alpha value is -2.79. The fourth-order valence-electron chi connectivity index (χ4n) is 2.84. The number of ether oxygens (including phenoxy) is 1. The fraction of sp³-hybridized carbons (Fsp3) is 0.227. The number of nitrogens with zero attached hydrogens (tertiary/aromatic N) is 1. The standard InChI is InChI=1S/C22H21NO/c1-5-12-24-19-10-11-22-21(14-19)20(13-16(4)23-22)18-8-6-17(7-9-18)15(2)3/h1,6-11,13-15H,12H2,2-4H3. The second-order valence-electron chi connectivity index (χ2n) is 6.26. The minimum Gasteiger partial charge on any atom is -0.481 e. The highest BCUT2D eigenvalue weighted by atomic mass is 16.5. The molecule has 120 valence electrons. The van der Waals surface area contributed by atoms with Crippen molar-refractivity contribution in [3.05, 3.63) is 59.8 Å². The zero-order chi connectivity index (χ0) is 17.1. The molecule has 3 rings (SSSR count). The van der Waals surface area contributed by atoms with Crippen molar-refractivity contribution in [2.24, 2.45) is 0 Å². The van der Waals surface area contributed by atoms with Crippen LogP contribution in [0.25, 0.3) is 22.0 Å². The van der Waals surface area contributed by atoms with Crippen LogP contribution in [0.1, 0.15) is 31.0 Å². The van der Waals surface area contributed by atoms with E-state index in [9.17, 15) is 0 Å². The molecule has 0 saturated heterocycles. The van der Waals surface area contributed by atoms with Crippen LogP contribution in [0.4, 0.5) is 0 Å². The number of hydrogen-bond acceptors (Lipinski definition) is 2. The van der Waals surface area contributed by atoms with Gasteiger partial charge in [0.25, 0.3) is 0 Å². The molecule has 0 fully saturated rings. The predicted octanol–water partition coefficient (Wildman–Crippen LogP) is 5.35. The smallest absolute Gasteiger partial charge is 0.148 e. The van der Waals surface area contributed by atoms with Gasteiger partial charge in [-0.1, -0.05) is 44.0 Å². The molecule has 0 aliphatic heterocycles. The van der Waals surface area contributed by atoms with Crippen molar-refractivity contribution in [2.75, 3.05) is 6.61 Å². The summed E-state index contributed by atoms with van der Waals surface area (Å²) in [5.74, 6) is 3.79. The Bertz CT molecular complexity index is 902. The van der Waals surface area contributed by atoms with Gasteiger partial charge >= 0.3 is 0 Å². The molecule has 2 aromatic carbocycles. The Morgan fingerprint density at radius 1 is 1.08 bits per heavy atom. The van der Waals surface area contributed by atoms with E-state index in [1.807, 2.05) is 25.1 Å². The topological polar surface area (TPSA) is 22.1 Å². The van der Waals surface area contributed by atoms with E-state index in [4.69, 9.17) is 11.2 Å². The van der Waals surface area contributed by atoms with Gasteiger partial charge in [-0.05, 0) is 53.8 Å². The zero-order valence-electron chi connectivity index (χ0n) is 14.3. The van der Waals surface area contributed by atoms with E-state index in [0.29, 0.717) is 5.92 Å². The van der Waals surface area contributed by atoms with E-state index >= 15 is 0 Å². The molecule has 0 bridgehead atoms. The summed E-state index contributed by atoms with van der Waals surface area (Å²) in [5.41, 5.74) is 5.66. The highest BCUT2D eigenvalue weighted by Crippen LogP contribution is 2.32. The van der Waals surface area contributed by atoms with Crippen LogP contribution in [0.2, 0.25) is 0 Å². The fourth-order valence-corrected chi connectivity index (χ4v) is 2.84. The van der Waals surface area contributed by atoms with E-state index < -0.39 is 0 Å². The van der Waals surface area contributed by atoms with Crippen LogP contribution in [-0.4, -0.2) is 11.6 Å². The average Bonchev–Trinajstić information content (AvgIpc) is 2.59. The van der Waals surface area contributed by atoms with Crippen LogP contribution in [0.5, 0.6) is 5.75 Å². The predicted molar refractivity (Wildman–Crippen MR) is 100 cm³/mol. The van der Waals surface area contributed by atoms with Gasteiger partial charge in [-0.25, -0.2) is 0 Å². The summed E-state index contributed by atoms with van der Waals surface area (Å²) >= 11 is 0. The van der Waals surface area contributed by atoms with Crippen LogP contribution >= 0.6 is 0 Å². The Labute approximate surface area is 143 Å². The molecular formula is C22H21NO. The van der Waals surface area contributed by atoms with Gasteiger partial charge in [0, 0.05) is 11.1 Å². The lowest BCUT2D eigenvalue weighted by atomic mass is 9.96. The molecule has 0 amide bonds. The van der Waals surface area contributed by atoms with Crippen molar-refractivity contribution < 1.29 is 4.74 Å². The van der Waals surface area contributed by atoms with E-state index in [0.717, 1.165) is 22.3 Å². The summed E-state index contributed by atoms with van der Waals surface area (Å²) in [6.07, 6.45) is 5.28. The van der Waals surface area contributed by atoms with Gasteiger partial charge in [0.1, 0.15) is 12.4 Å². The summed E-state index contributed by atoms with van der Waals surface area (Å²) in [5, 5.41) is 1.08. The number of hydrogen-bond donors (Lipinski definition) is 0. The van der Waals surface area contributed by atoms with Crippen LogP contribution in [0.3, 0.4) is 0 Å². The van der Waals surface area contributed by atoms with Gasteiger partial charge in [0.2, 0.25) is 0 Å². The van der Waals surface area contributed by atoms with Crippen molar-refractivity contribution in [2.45, 2.75) is 26.7 Å². The number of aromatic nitrogens is 1. The van der Waals surface area contributed by atoms with Crippen molar-refractivity contribution in [3.63, 3.8) is 0 Å². The van der Waals surface area contributed by atoms with Crippen molar-refractivity contribution in [1.82, 2.24) is 4.98 Å². The van der Waals surface area contributed by atoms with Crippen molar-refractivity contribution in [1.29, 1.82) is 0 Å². The molecular weight excluding hydrogens is 294 g/mol. The minimum absolute atomic E-state index is 0.267. The first-order valence-corrected chi connectivity index (χ1v) is 8.16. The summed E-state index contributed by atoms with van der Waals surface area (Å²) in [4.78, 5) is 4.63. The van der Waals surface area contributed by atoms with Crippen LogP contribution in [-0.2, 0) is 0 Å². The number of aryl methyl sites for hydroxylation is 1. The number of rotatable bonds is 4. The molecule has 0 atom stereocenters. The highest BCUT2D eigenvalue weighted by Gasteiger charge is 2.09. The lowest BCUT2D eigenvalue weighted by Crippen LogP contribution is -1.95. The first-order chi connectivity index (χ1) is 11.6. The molecule has 1 heterocycles. The van der Waals surface area contributed by atoms with Gasteiger partial charge in [-0.15, -0.1) is 6.42 Å². The molecule has 0 spiro atoms. The molecule has 0 aliphatic rings. The van der Waals surface area contributed by atoms with E-state index in [1.54, 1.807) is 0 Å². The number of pyridine rings is 1. The lowest BCUT2D eigenvalue weighted by molar-refractivity contribution is 0.371. The summed E-state index contributed by atoms with van der Waals surface area (Å²) in [7, 11) is 0. The van der Waals surface area contributed by atoms with E-state index in [1.165, 1.54) is 16.7 Å². The lowest BCUT2D eigenvalue weighted by Gasteiger charge is -2.12. The van der Waals surface area contributed by atoms with Gasteiger partial charge in [0.05, 0.1) is 5.52 Å². The van der Waals surface area contributed by atoms with E-state index in [-0.39, 0.29) is 6.61 Å². The van der Waals surface area contributed by atoms with Crippen molar-refractivity contribution >= 4 is 10.9 Å². The Balaban J connectivity index is 2.12. The third kappa shape index (κ3) is 3.26. The van der Waals surface area contributed by atoms with Crippen LogP contribution in [0, 0.1) is 19.3 Å². The highest BCUT2D eigenvalue weighted by molar-refractivity contribution is 5.95. The van der Waals surface area contributed by atoms with Gasteiger partial charge in [0.15, 0.2) is 0 Å². The van der Waals surface area contributed by atoms with E-state index in [2.05, 4.69) is 55.1 Å². The normalized spacial score (nSPS) is 10.8. The minimum atomic E-state index is 0.267. The molecule has 24 heavy (non-hydrogen) atoms. The second-order valence-corrected chi connectivity index (χ2v) is 6.26. The van der Waals surface area contributed by atoms with Crippen LogP contribution < -0.4 is 4.74 Å². The van der Waals surface area contributed by atoms with Gasteiger partial charge in [-0.3, -0.25) is 4.98 Å². The number of terminal acetylenes is 1. The molecule has 0 unspecified atom stereocenters. The maximum Gasteiger partial charge on any atom is 0.148 e. The monoisotopic (exact) mass is 315 g/mol. The average molecular weight is 315 g/mol. The summed E-state index contributed by atoms with van der Waals surface area (Å²) < 4.78 is 5.57. The SMILES string of the molecule is C#CCOc1ccc2nc(C)cc(-c3ccc(C(C)C)cc3)c2c1. The first kappa shape index (κ1) is 16.1. The summed E-state index contributed by atoms with van der Waals surface area (Å²) in [6.45, 7) is 6.70. The first-order valence-electron chi connectivity index (χ1n) is 8.16. The number of benzene rings is 2. The van der Waals surface area contributed by atoms with Gasteiger partial charge < -0.3 is 4.74 Å². The molecule has 2 nitrogen and oxygen atoms in total. The Morgan fingerprint density at radius 3 is 2.50 bits per heavy atom. The second kappa shape index (κ2) is 6.76. The van der Waals surface area contributed by atoms with Crippen molar-refractivity contribution in [3.8, 4) is 29.2 Å². The molecule has 0 N–H and O–H groups in total. The molecule has 1 aromatic heterocycles. The quantitative estimate of drug-likeness (QED) is 0.606. The maximum absolute atomic E-state index is 5.57. The van der Waals surface area contributed by atoms with Gasteiger partial charge in [-0.2, -0.15) is 0 Å². The zero-order valence-corrected chi connectivity index (χ0v) is 14.3. The Kier molecular flexibility index (Phi) is 4.53. The molecule has 0 radical (unpaired) electrons. The third-order valence-corrected chi connectivity index (χ3v) is 4.12.